The van der Waals surface area contributed by atoms with Crippen molar-refractivity contribution in [1.29, 1.82) is 0 Å². The molecule has 1 N–H and O–H groups in total. The molecule has 1 aliphatic rings. The van der Waals surface area contributed by atoms with Crippen LogP contribution in [-0.2, 0) is 16.8 Å². The van der Waals surface area contributed by atoms with Crippen LogP contribution in [0.15, 0.2) is 66.9 Å². The molecule has 202 valence electrons. The number of benzene rings is 2. The van der Waals surface area contributed by atoms with Crippen molar-refractivity contribution in [2.24, 2.45) is 5.92 Å². The van der Waals surface area contributed by atoms with Crippen molar-refractivity contribution in [3.63, 3.8) is 0 Å². The summed E-state index contributed by atoms with van der Waals surface area (Å²) in [5.41, 5.74) is -1.58. The van der Waals surface area contributed by atoms with Crippen LogP contribution in [0, 0.1) is 11.7 Å². The van der Waals surface area contributed by atoms with Crippen LogP contribution in [0.25, 0.3) is 0 Å². The number of nitrogens with zero attached hydrogens (tertiary/aromatic N) is 1. The number of aromatic nitrogens is 1. The minimum atomic E-state index is -5.47. The van der Waals surface area contributed by atoms with E-state index in [1.165, 1.54) is 18.3 Å². The van der Waals surface area contributed by atoms with Crippen LogP contribution >= 0.6 is 34.2 Å². The lowest BCUT2D eigenvalue weighted by molar-refractivity contribution is -0.246. The Balaban J connectivity index is 1.91. The lowest BCUT2D eigenvalue weighted by Crippen LogP contribution is -2.50. The Labute approximate surface area is 230 Å². The number of hydrogen-bond acceptors (Lipinski definition) is 3. The van der Waals surface area contributed by atoms with Gasteiger partial charge in [0.05, 0.1) is 10.7 Å². The standard InChI is InChI=1S/C25H17ClF7IN2O2/c26-16-6-7-20(35-13-16)22(11-14-4-2-1-3-5-14,36-21(37)19-12-23(19,28)29)15-8-17(27)10-18(9-15)38-25(33,34)24(30,31)32/h1-10,13,19H,11-12H2,(H,36,37)/t19?,22-,25?/m0/s1. The first-order chi connectivity index (χ1) is 17.6. The molecule has 0 aliphatic heterocycles. The third-order valence-corrected chi connectivity index (χ3v) is 6.95. The summed E-state index contributed by atoms with van der Waals surface area (Å²) >= 11 is 6.35. The molecule has 0 spiro atoms. The molecular formula is C25H17ClF7IN2O2. The number of nitrogens with one attached hydrogen (secondary N) is 1. The highest BCUT2D eigenvalue weighted by Crippen LogP contribution is 2.50. The second-order valence-electron chi connectivity index (χ2n) is 8.73. The second-order valence-corrected chi connectivity index (χ2v) is 10.6. The average molecular weight is 673 g/mol. The number of hydrogen-bond donors (Lipinski definition) is 1. The molecule has 13 heteroatoms. The highest BCUT2D eigenvalue weighted by atomic mass is 127. The molecule has 4 rings (SSSR count). The Bertz CT molecular complexity index is 1320. The summed E-state index contributed by atoms with van der Waals surface area (Å²) in [4.78, 5) is 17.2. The Kier molecular flexibility index (Phi) is 7.60. The monoisotopic (exact) mass is 672 g/mol. The first-order valence-corrected chi connectivity index (χ1v) is 12.4. The summed E-state index contributed by atoms with van der Waals surface area (Å²) in [6, 6.07) is 13.3. The maximum absolute atomic E-state index is 14.8. The van der Waals surface area contributed by atoms with Gasteiger partial charge in [-0.2, -0.15) is 17.6 Å². The molecule has 3 atom stereocenters. The van der Waals surface area contributed by atoms with Gasteiger partial charge in [0.25, 0.3) is 5.92 Å². The molecule has 0 radical (unpaired) electrons. The predicted molar refractivity (Wildman–Crippen MR) is 132 cm³/mol. The van der Waals surface area contributed by atoms with Crippen LogP contribution in [0.1, 0.15) is 23.2 Å². The lowest BCUT2D eigenvalue weighted by atomic mass is 9.80. The molecule has 1 saturated carbocycles. The van der Waals surface area contributed by atoms with Gasteiger partial charge in [0.2, 0.25) is 5.91 Å². The van der Waals surface area contributed by atoms with E-state index in [-0.39, 0.29) is 22.7 Å². The summed E-state index contributed by atoms with van der Waals surface area (Å²) in [6.45, 7) is 0. The zero-order chi connectivity index (χ0) is 27.9. The second kappa shape index (κ2) is 10.2. The van der Waals surface area contributed by atoms with Crippen LogP contribution in [0.3, 0.4) is 0 Å². The fourth-order valence-corrected chi connectivity index (χ4v) is 4.29. The molecule has 1 aromatic heterocycles. The maximum atomic E-state index is 14.8. The van der Waals surface area contributed by atoms with Gasteiger partial charge < -0.3 is 10.1 Å². The third-order valence-electron chi connectivity index (χ3n) is 5.90. The van der Waals surface area contributed by atoms with E-state index in [0.717, 1.165) is 12.1 Å². The molecule has 0 bridgehead atoms. The molecule has 4 nitrogen and oxygen atoms in total. The normalized spacial score (nSPS) is 19.7. The first kappa shape index (κ1) is 28.4. The smallest absolute Gasteiger partial charge is 0.443 e. The van der Waals surface area contributed by atoms with Gasteiger partial charge in [-0.1, -0.05) is 41.9 Å². The van der Waals surface area contributed by atoms with Gasteiger partial charge in [-0.25, -0.2) is 13.2 Å². The van der Waals surface area contributed by atoms with Gasteiger partial charge in [-0.3, -0.25) is 9.78 Å². The summed E-state index contributed by atoms with van der Waals surface area (Å²) < 4.78 is 96.4. The van der Waals surface area contributed by atoms with Crippen LogP contribution in [-0.4, -0.2) is 26.9 Å². The first-order valence-electron chi connectivity index (χ1n) is 10.9. The molecular weight excluding hydrogens is 656 g/mol. The largest absolute Gasteiger partial charge is 0.471 e. The van der Waals surface area contributed by atoms with Gasteiger partial charge in [0.1, 0.15) is 23.0 Å². The summed E-state index contributed by atoms with van der Waals surface area (Å²) in [7, 11) is 0. The van der Waals surface area contributed by atoms with Crippen LogP contribution in [0.4, 0.5) is 30.7 Å². The summed E-state index contributed by atoms with van der Waals surface area (Å²) in [5.74, 6) is -8.00. The maximum Gasteiger partial charge on any atom is 0.471 e. The van der Waals surface area contributed by atoms with Gasteiger partial charge in [-0.15, -0.1) is 0 Å². The third kappa shape index (κ3) is 6.00. The van der Waals surface area contributed by atoms with Crippen LogP contribution < -0.4 is 10.1 Å². The molecule has 2 aromatic carbocycles. The quantitative estimate of drug-likeness (QED) is 0.158. The van der Waals surface area contributed by atoms with Gasteiger partial charge in [-0.05, 0) is 35.4 Å². The van der Waals surface area contributed by atoms with Crippen molar-refractivity contribution in [2.75, 3.05) is 0 Å². The van der Waals surface area contributed by atoms with Gasteiger partial charge in [0.15, 0.2) is 0 Å². The molecule has 1 fully saturated rings. The number of carbonyl (C=O) groups is 1. The van der Waals surface area contributed by atoms with E-state index in [4.69, 9.17) is 11.6 Å². The Hall–Kier alpha value is -2.61. The van der Waals surface area contributed by atoms with Crippen molar-refractivity contribution < 1.29 is 40.3 Å². The van der Waals surface area contributed by atoms with E-state index in [2.05, 4.69) is 15.0 Å². The molecule has 1 amide bonds. The van der Waals surface area contributed by atoms with Crippen LogP contribution in [0.5, 0.6) is 5.75 Å². The van der Waals surface area contributed by atoms with E-state index >= 15 is 0 Å². The van der Waals surface area contributed by atoms with Crippen molar-refractivity contribution in [1.82, 2.24) is 10.3 Å². The number of alkyl halides is 7. The Morgan fingerprint density at radius 1 is 1.11 bits per heavy atom. The zero-order valence-corrected chi connectivity index (χ0v) is 21.9. The minimum Gasteiger partial charge on any atom is -0.443 e. The van der Waals surface area contributed by atoms with Crippen molar-refractivity contribution in [2.45, 2.75) is 34.3 Å². The van der Waals surface area contributed by atoms with E-state index in [0.29, 0.717) is 34.2 Å². The van der Waals surface area contributed by atoms with E-state index < -0.39 is 51.3 Å². The van der Waals surface area contributed by atoms with E-state index in [9.17, 15) is 35.5 Å². The van der Waals surface area contributed by atoms with Gasteiger partial charge in [0, 0.05) is 47.7 Å². The predicted octanol–water partition coefficient (Wildman–Crippen LogP) is 7.13. The zero-order valence-electron chi connectivity index (χ0n) is 19.0. The lowest BCUT2D eigenvalue weighted by Gasteiger charge is -2.36. The van der Waals surface area contributed by atoms with Gasteiger partial charge >= 0.3 is 10.0 Å². The Morgan fingerprint density at radius 3 is 2.32 bits per heavy atom. The summed E-state index contributed by atoms with van der Waals surface area (Å²) in [6.07, 6.45) is -5.17. The van der Waals surface area contributed by atoms with Crippen molar-refractivity contribution in [3.8, 4) is 5.75 Å². The fraction of sp³-hybridized carbons (Fsp3) is 0.280. The number of rotatable bonds is 8. The number of halogens is 9. The number of ether oxygens (including phenoxy) is 1. The number of carbonyl (C=O) groups excluding carboxylic acids is 1. The van der Waals surface area contributed by atoms with E-state index in [1.807, 2.05) is 0 Å². The Morgan fingerprint density at radius 2 is 1.76 bits per heavy atom. The average Bonchev–Trinajstić information content (AvgIpc) is 3.46. The fourth-order valence-electron chi connectivity index (χ4n) is 3.92. The molecule has 3 aromatic rings. The molecule has 1 aliphatic carbocycles. The SMILES string of the molecule is O=C(N[C@@](Cc1ccccc1)(c1cc(F)cc(OC(F)(I)C(F)(F)F)c1)c1ccc(Cl)cn1)C1CC1(F)F. The number of amides is 1. The molecule has 1 heterocycles. The van der Waals surface area contributed by atoms with E-state index in [1.54, 1.807) is 30.3 Å². The van der Waals surface area contributed by atoms with Crippen molar-refractivity contribution in [3.05, 3.63) is 94.5 Å². The number of pyridine rings is 1. The highest BCUT2D eigenvalue weighted by Gasteiger charge is 2.62. The summed E-state index contributed by atoms with van der Waals surface area (Å²) in [5, 5.41) is 2.71. The van der Waals surface area contributed by atoms with Crippen molar-refractivity contribution >= 4 is 40.1 Å². The topological polar surface area (TPSA) is 51.2 Å². The molecule has 38 heavy (non-hydrogen) atoms. The molecule has 2 unspecified atom stereocenters. The molecule has 0 saturated heterocycles. The highest BCUT2D eigenvalue weighted by molar-refractivity contribution is 14.1. The minimum absolute atomic E-state index is 0.0106. The van der Waals surface area contributed by atoms with Crippen LogP contribution in [0.2, 0.25) is 5.02 Å².